The van der Waals surface area contributed by atoms with E-state index in [0.29, 0.717) is 5.56 Å². The van der Waals surface area contributed by atoms with Gasteiger partial charge >= 0.3 is 0 Å². The first kappa shape index (κ1) is 17.9. The van der Waals surface area contributed by atoms with Crippen LogP contribution >= 0.6 is 0 Å². The SMILES string of the molecule is CCCCCCCCCCCCc1c(O)cc(C)cc1O. The van der Waals surface area contributed by atoms with E-state index in [1.165, 1.54) is 57.8 Å². The van der Waals surface area contributed by atoms with Crippen LogP contribution < -0.4 is 0 Å². The molecule has 120 valence electrons. The molecule has 0 unspecified atom stereocenters. The summed E-state index contributed by atoms with van der Waals surface area (Å²) in [5, 5.41) is 19.7. The Bertz CT molecular complexity index is 376. The zero-order valence-electron chi connectivity index (χ0n) is 13.8. The molecule has 2 N–H and O–H groups in total. The fourth-order valence-electron chi connectivity index (χ4n) is 2.82. The highest BCUT2D eigenvalue weighted by atomic mass is 16.3. The maximum atomic E-state index is 9.86. The van der Waals surface area contributed by atoms with Crippen molar-refractivity contribution in [3.63, 3.8) is 0 Å². The quantitative estimate of drug-likeness (QED) is 0.501. The van der Waals surface area contributed by atoms with Gasteiger partial charge in [-0.15, -0.1) is 0 Å². The number of aromatic hydroxyl groups is 2. The second-order valence-corrected chi connectivity index (χ2v) is 6.21. The van der Waals surface area contributed by atoms with Crippen LogP contribution in [-0.4, -0.2) is 10.2 Å². The van der Waals surface area contributed by atoms with Gasteiger partial charge in [0.15, 0.2) is 0 Å². The average Bonchev–Trinajstić information content (AvgIpc) is 2.43. The minimum atomic E-state index is 0.239. The minimum absolute atomic E-state index is 0.239. The molecule has 0 aromatic heterocycles. The Balaban J connectivity index is 2.07. The lowest BCUT2D eigenvalue weighted by molar-refractivity contribution is 0.434. The van der Waals surface area contributed by atoms with Crippen LogP contribution in [-0.2, 0) is 6.42 Å². The first-order valence-electron chi connectivity index (χ1n) is 8.66. The summed E-state index contributed by atoms with van der Waals surface area (Å²) in [6, 6.07) is 3.46. The van der Waals surface area contributed by atoms with Gasteiger partial charge in [0.05, 0.1) is 0 Å². The zero-order chi connectivity index (χ0) is 15.5. The van der Waals surface area contributed by atoms with Gasteiger partial charge in [-0.1, -0.05) is 64.7 Å². The van der Waals surface area contributed by atoms with E-state index in [1.54, 1.807) is 12.1 Å². The minimum Gasteiger partial charge on any atom is -0.508 e. The Labute approximate surface area is 130 Å². The van der Waals surface area contributed by atoms with E-state index in [1.807, 2.05) is 6.92 Å². The first-order chi connectivity index (χ1) is 10.1. The second-order valence-electron chi connectivity index (χ2n) is 6.21. The Morgan fingerprint density at radius 3 is 1.62 bits per heavy atom. The first-order valence-corrected chi connectivity index (χ1v) is 8.66. The molecule has 21 heavy (non-hydrogen) atoms. The topological polar surface area (TPSA) is 40.5 Å². The third-order valence-corrected chi connectivity index (χ3v) is 4.13. The van der Waals surface area contributed by atoms with Crippen molar-refractivity contribution in [3.05, 3.63) is 23.3 Å². The molecule has 0 saturated carbocycles. The number of hydrogen-bond donors (Lipinski definition) is 2. The Morgan fingerprint density at radius 2 is 1.14 bits per heavy atom. The lowest BCUT2D eigenvalue weighted by atomic mass is 10.0. The molecular formula is C19H32O2. The summed E-state index contributed by atoms with van der Waals surface area (Å²) in [4.78, 5) is 0. The number of unbranched alkanes of at least 4 members (excludes halogenated alkanes) is 9. The van der Waals surface area contributed by atoms with Gasteiger partial charge < -0.3 is 10.2 Å². The van der Waals surface area contributed by atoms with Crippen LogP contribution in [0.2, 0.25) is 0 Å². The van der Waals surface area contributed by atoms with E-state index in [0.717, 1.165) is 18.4 Å². The monoisotopic (exact) mass is 292 g/mol. The fraction of sp³-hybridized carbons (Fsp3) is 0.684. The molecule has 1 aromatic rings. The molecule has 0 radical (unpaired) electrons. The van der Waals surface area contributed by atoms with E-state index >= 15 is 0 Å². The normalized spacial score (nSPS) is 11.0. The van der Waals surface area contributed by atoms with E-state index < -0.39 is 0 Å². The number of aryl methyl sites for hydroxylation is 1. The number of hydrogen-bond acceptors (Lipinski definition) is 2. The predicted octanol–water partition coefficient (Wildman–Crippen LogP) is 5.87. The number of rotatable bonds is 11. The molecule has 0 aliphatic carbocycles. The van der Waals surface area contributed by atoms with Crippen molar-refractivity contribution < 1.29 is 10.2 Å². The summed E-state index contributed by atoms with van der Waals surface area (Å²) in [6.07, 6.45) is 13.8. The molecule has 0 aliphatic rings. The molecule has 0 saturated heterocycles. The smallest absolute Gasteiger partial charge is 0.122 e. The van der Waals surface area contributed by atoms with Gasteiger partial charge in [0.1, 0.15) is 11.5 Å². The maximum absolute atomic E-state index is 9.86. The van der Waals surface area contributed by atoms with Gasteiger partial charge in [-0.2, -0.15) is 0 Å². The van der Waals surface area contributed by atoms with Crippen LogP contribution in [0.25, 0.3) is 0 Å². The van der Waals surface area contributed by atoms with Gasteiger partial charge in [0, 0.05) is 5.56 Å². The number of phenolic OH excluding ortho intramolecular Hbond substituents is 2. The third-order valence-electron chi connectivity index (χ3n) is 4.13. The average molecular weight is 292 g/mol. The fourth-order valence-corrected chi connectivity index (χ4v) is 2.82. The highest BCUT2D eigenvalue weighted by Crippen LogP contribution is 2.30. The van der Waals surface area contributed by atoms with Crippen molar-refractivity contribution in [2.45, 2.75) is 84.5 Å². The molecule has 0 heterocycles. The summed E-state index contributed by atoms with van der Waals surface area (Å²) in [6.45, 7) is 4.13. The third kappa shape index (κ3) is 7.40. The molecule has 0 atom stereocenters. The van der Waals surface area contributed by atoms with Crippen LogP contribution in [0.1, 0.15) is 82.3 Å². The lowest BCUT2D eigenvalue weighted by Crippen LogP contribution is -1.90. The van der Waals surface area contributed by atoms with Gasteiger partial charge in [-0.05, 0) is 37.5 Å². The zero-order valence-corrected chi connectivity index (χ0v) is 13.8. The number of benzene rings is 1. The largest absolute Gasteiger partial charge is 0.508 e. The van der Waals surface area contributed by atoms with Crippen molar-refractivity contribution >= 4 is 0 Å². The standard InChI is InChI=1S/C19H32O2/c1-3-4-5-6-7-8-9-10-11-12-13-17-18(20)14-16(2)15-19(17)21/h14-15,20-21H,3-13H2,1-2H3. The van der Waals surface area contributed by atoms with Crippen molar-refractivity contribution in [2.75, 3.05) is 0 Å². The Morgan fingerprint density at radius 1 is 0.714 bits per heavy atom. The van der Waals surface area contributed by atoms with Crippen LogP contribution in [0.3, 0.4) is 0 Å². The Kier molecular flexibility index (Phi) is 8.96. The van der Waals surface area contributed by atoms with E-state index in [9.17, 15) is 10.2 Å². The molecule has 0 fully saturated rings. The second kappa shape index (κ2) is 10.5. The Hall–Kier alpha value is -1.18. The van der Waals surface area contributed by atoms with Crippen LogP contribution in [0.4, 0.5) is 0 Å². The van der Waals surface area contributed by atoms with E-state index in [-0.39, 0.29) is 11.5 Å². The van der Waals surface area contributed by atoms with E-state index in [2.05, 4.69) is 6.92 Å². The van der Waals surface area contributed by atoms with Gasteiger partial charge in [-0.3, -0.25) is 0 Å². The van der Waals surface area contributed by atoms with Crippen LogP contribution in [0.5, 0.6) is 11.5 Å². The van der Waals surface area contributed by atoms with Crippen LogP contribution in [0.15, 0.2) is 12.1 Å². The molecule has 2 nitrogen and oxygen atoms in total. The molecule has 1 aromatic carbocycles. The molecule has 0 bridgehead atoms. The van der Waals surface area contributed by atoms with Crippen molar-refractivity contribution in [1.82, 2.24) is 0 Å². The van der Waals surface area contributed by atoms with Gasteiger partial charge in [-0.25, -0.2) is 0 Å². The molecule has 1 rings (SSSR count). The summed E-state index contributed by atoms with van der Waals surface area (Å²) < 4.78 is 0. The highest BCUT2D eigenvalue weighted by Gasteiger charge is 2.07. The van der Waals surface area contributed by atoms with Gasteiger partial charge in [0.25, 0.3) is 0 Å². The molecular weight excluding hydrogens is 260 g/mol. The molecule has 0 aliphatic heterocycles. The molecule has 0 spiro atoms. The van der Waals surface area contributed by atoms with Crippen molar-refractivity contribution in [1.29, 1.82) is 0 Å². The molecule has 2 heteroatoms. The summed E-state index contributed by atoms with van der Waals surface area (Å²) in [7, 11) is 0. The lowest BCUT2D eigenvalue weighted by Gasteiger charge is -2.08. The summed E-state index contributed by atoms with van der Waals surface area (Å²) in [5.74, 6) is 0.479. The summed E-state index contributed by atoms with van der Waals surface area (Å²) in [5.41, 5.74) is 1.61. The van der Waals surface area contributed by atoms with Gasteiger partial charge in [0.2, 0.25) is 0 Å². The van der Waals surface area contributed by atoms with E-state index in [4.69, 9.17) is 0 Å². The van der Waals surface area contributed by atoms with Crippen LogP contribution in [0, 0.1) is 6.92 Å². The van der Waals surface area contributed by atoms with Crippen molar-refractivity contribution in [2.24, 2.45) is 0 Å². The predicted molar refractivity (Wildman–Crippen MR) is 90.1 cm³/mol. The maximum Gasteiger partial charge on any atom is 0.122 e. The number of phenols is 2. The molecule has 0 amide bonds. The van der Waals surface area contributed by atoms with Crippen molar-refractivity contribution in [3.8, 4) is 11.5 Å². The highest BCUT2D eigenvalue weighted by molar-refractivity contribution is 5.46. The summed E-state index contributed by atoms with van der Waals surface area (Å²) >= 11 is 0.